The molecule has 1 aliphatic heterocycles. The van der Waals surface area contributed by atoms with Crippen LogP contribution in [0.5, 0.6) is 0 Å². The summed E-state index contributed by atoms with van der Waals surface area (Å²) >= 11 is 2.54. The van der Waals surface area contributed by atoms with Crippen molar-refractivity contribution in [2.24, 2.45) is 4.99 Å². The fourth-order valence-electron chi connectivity index (χ4n) is 3.04. The summed E-state index contributed by atoms with van der Waals surface area (Å²) in [6, 6.07) is 7.62. The van der Waals surface area contributed by atoms with E-state index < -0.39 is 11.2 Å². The van der Waals surface area contributed by atoms with Gasteiger partial charge in [-0.15, -0.1) is 11.3 Å². The van der Waals surface area contributed by atoms with Gasteiger partial charge in [-0.3, -0.25) is 9.59 Å². The Bertz CT molecular complexity index is 1060. The Morgan fingerprint density at radius 2 is 1.91 bits per heavy atom. The number of thioether (sulfide) groups is 1. The lowest BCUT2D eigenvalue weighted by Gasteiger charge is -2.11. The number of amides is 2. The normalized spacial score (nSPS) is 16.7. The van der Waals surface area contributed by atoms with E-state index >= 15 is 0 Å². The van der Waals surface area contributed by atoms with Gasteiger partial charge >= 0.3 is 5.97 Å². The molecule has 2 N–H and O–H groups in total. The molecule has 1 atom stereocenters. The lowest BCUT2D eigenvalue weighted by atomic mass is 10.1. The number of anilines is 2. The highest BCUT2D eigenvalue weighted by molar-refractivity contribution is 8.15. The summed E-state index contributed by atoms with van der Waals surface area (Å²) in [5, 5.41) is 5.82. The quantitative estimate of drug-likeness (QED) is 0.591. The van der Waals surface area contributed by atoms with Crippen molar-refractivity contribution in [1.29, 1.82) is 0 Å². The Morgan fingerprint density at radius 1 is 1.22 bits per heavy atom. The van der Waals surface area contributed by atoms with Gasteiger partial charge in [0.1, 0.15) is 10.3 Å². The first kappa shape index (κ1) is 23.8. The van der Waals surface area contributed by atoms with Gasteiger partial charge < -0.3 is 20.3 Å². The van der Waals surface area contributed by atoms with Crippen molar-refractivity contribution in [3.8, 4) is 0 Å². The standard InChI is InChI=1S/C22H26N4O4S2/c1-6-30-21(29)18-12(2)13(3)31-20(18)24-17(27)11-16-19(28)25-22(32-16)23-14-7-9-15(10-8-14)26(4)5/h7-10,16H,6,11H2,1-5H3,(H,24,27)(H,23,25,28). The second-order valence-corrected chi connectivity index (χ2v) is 9.80. The topological polar surface area (TPSA) is 100 Å². The molecule has 3 rings (SSSR count). The molecule has 2 aromatic rings. The van der Waals surface area contributed by atoms with E-state index in [0.717, 1.165) is 16.1 Å². The molecule has 1 aliphatic rings. The summed E-state index contributed by atoms with van der Waals surface area (Å²) in [6.07, 6.45) is -0.0344. The number of hydrogen-bond donors (Lipinski definition) is 2. The van der Waals surface area contributed by atoms with Crippen LogP contribution in [0.2, 0.25) is 0 Å². The van der Waals surface area contributed by atoms with Crippen molar-refractivity contribution in [3.05, 3.63) is 40.3 Å². The first-order chi connectivity index (χ1) is 15.2. The highest BCUT2D eigenvalue weighted by Gasteiger charge is 2.33. The number of rotatable bonds is 7. The van der Waals surface area contributed by atoms with Gasteiger partial charge in [-0.25, -0.2) is 9.79 Å². The lowest BCUT2D eigenvalue weighted by molar-refractivity contribution is -0.122. The molecule has 2 heterocycles. The zero-order valence-corrected chi connectivity index (χ0v) is 20.3. The van der Waals surface area contributed by atoms with Gasteiger partial charge in [0, 0.05) is 31.1 Å². The minimum atomic E-state index is -0.594. The summed E-state index contributed by atoms with van der Waals surface area (Å²) < 4.78 is 5.12. The molecule has 0 saturated carbocycles. The number of aliphatic imine (C=N–C) groups is 1. The maximum absolute atomic E-state index is 12.6. The average Bonchev–Trinajstić information content (AvgIpc) is 3.20. The predicted molar refractivity (Wildman–Crippen MR) is 130 cm³/mol. The second kappa shape index (κ2) is 10.2. The smallest absolute Gasteiger partial charge is 0.341 e. The fourth-order valence-corrected chi connectivity index (χ4v) is 5.10. The summed E-state index contributed by atoms with van der Waals surface area (Å²) in [7, 11) is 3.91. The third kappa shape index (κ3) is 5.49. The van der Waals surface area contributed by atoms with E-state index in [-0.39, 0.29) is 24.8 Å². The predicted octanol–water partition coefficient (Wildman–Crippen LogP) is 3.86. The van der Waals surface area contributed by atoms with Crippen LogP contribution in [0.3, 0.4) is 0 Å². The molecule has 32 heavy (non-hydrogen) atoms. The van der Waals surface area contributed by atoms with Gasteiger partial charge in [0.15, 0.2) is 5.17 Å². The SMILES string of the molecule is CCOC(=O)c1c(NC(=O)CC2SC(=Nc3ccc(N(C)C)cc3)NC2=O)sc(C)c1C. The van der Waals surface area contributed by atoms with Gasteiger partial charge in [0.2, 0.25) is 11.8 Å². The number of aryl methyl sites for hydroxylation is 1. The molecule has 170 valence electrons. The third-order valence-electron chi connectivity index (χ3n) is 4.86. The number of thiophene rings is 1. The molecular weight excluding hydrogens is 448 g/mol. The minimum Gasteiger partial charge on any atom is -0.462 e. The number of amidine groups is 1. The fraction of sp³-hybridized carbons (Fsp3) is 0.364. The van der Waals surface area contributed by atoms with Crippen LogP contribution in [0.4, 0.5) is 16.4 Å². The van der Waals surface area contributed by atoms with E-state index in [9.17, 15) is 14.4 Å². The van der Waals surface area contributed by atoms with Gasteiger partial charge in [0.25, 0.3) is 0 Å². The third-order valence-corrected chi connectivity index (χ3v) is 7.07. The van der Waals surface area contributed by atoms with Crippen molar-refractivity contribution in [2.75, 3.05) is 30.9 Å². The zero-order valence-electron chi connectivity index (χ0n) is 18.6. The highest BCUT2D eigenvalue weighted by atomic mass is 32.2. The van der Waals surface area contributed by atoms with Crippen LogP contribution in [0.15, 0.2) is 29.3 Å². The van der Waals surface area contributed by atoms with Crippen molar-refractivity contribution in [1.82, 2.24) is 5.32 Å². The van der Waals surface area contributed by atoms with E-state index in [4.69, 9.17) is 4.74 Å². The molecule has 0 aliphatic carbocycles. The Hall–Kier alpha value is -2.85. The van der Waals surface area contributed by atoms with Gasteiger partial charge in [-0.05, 0) is 50.6 Å². The van der Waals surface area contributed by atoms with E-state index in [1.54, 1.807) is 6.92 Å². The van der Waals surface area contributed by atoms with Crippen LogP contribution in [0.25, 0.3) is 0 Å². The van der Waals surface area contributed by atoms with Crippen LogP contribution < -0.4 is 15.5 Å². The van der Waals surface area contributed by atoms with Crippen LogP contribution in [0, 0.1) is 13.8 Å². The Kier molecular flexibility index (Phi) is 7.57. The number of hydrogen-bond acceptors (Lipinski definition) is 8. The molecule has 2 amide bonds. The Morgan fingerprint density at radius 3 is 2.53 bits per heavy atom. The number of nitrogens with zero attached hydrogens (tertiary/aromatic N) is 2. The van der Waals surface area contributed by atoms with E-state index in [1.165, 1.54) is 23.1 Å². The number of carbonyl (C=O) groups is 3. The lowest BCUT2D eigenvalue weighted by Crippen LogP contribution is -2.28. The summed E-state index contributed by atoms with van der Waals surface area (Å²) in [5.41, 5.74) is 2.92. The van der Waals surface area contributed by atoms with Crippen LogP contribution in [-0.4, -0.2) is 48.9 Å². The zero-order chi connectivity index (χ0) is 23.4. The van der Waals surface area contributed by atoms with Crippen LogP contribution in [-0.2, 0) is 14.3 Å². The molecule has 1 fully saturated rings. The van der Waals surface area contributed by atoms with Crippen LogP contribution >= 0.6 is 23.1 Å². The highest BCUT2D eigenvalue weighted by Crippen LogP contribution is 2.34. The van der Waals surface area contributed by atoms with E-state index in [1.807, 2.05) is 57.1 Å². The monoisotopic (exact) mass is 474 g/mol. The maximum atomic E-state index is 12.6. The molecule has 1 saturated heterocycles. The molecule has 0 spiro atoms. The maximum Gasteiger partial charge on any atom is 0.341 e. The number of esters is 1. The molecule has 1 aromatic heterocycles. The van der Waals surface area contributed by atoms with E-state index in [0.29, 0.717) is 21.4 Å². The number of benzene rings is 1. The van der Waals surface area contributed by atoms with Crippen molar-refractivity contribution in [2.45, 2.75) is 32.4 Å². The number of nitrogens with one attached hydrogen (secondary N) is 2. The molecule has 1 unspecified atom stereocenters. The van der Waals surface area contributed by atoms with E-state index in [2.05, 4.69) is 15.6 Å². The minimum absolute atomic E-state index is 0.0344. The molecule has 10 heteroatoms. The van der Waals surface area contributed by atoms with Gasteiger partial charge in [-0.2, -0.15) is 0 Å². The first-order valence-electron chi connectivity index (χ1n) is 10.1. The second-order valence-electron chi connectivity index (χ2n) is 7.38. The van der Waals surface area contributed by atoms with Crippen molar-refractivity contribution >= 4 is 62.4 Å². The summed E-state index contributed by atoms with van der Waals surface area (Å²) in [5.74, 6) is -1.08. The number of carbonyl (C=O) groups excluding carboxylic acids is 3. The number of ether oxygens (including phenoxy) is 1. The molecule has 0 bridgehead atoms. The molecule has 8 nitrogen and oxygen atoms in total. The van der Waals surface area contributed by atoms with Crippen molar-refractivity contribution < 1.29 is 19.1 Å². The summed E-state index contributed by atoms with van der Waals surface area (Å²) in [4.78, 5) is 44.7. The first-order valence-corrected chi connectivity index (χ1v) is 11.8. The Balaban J connectivity index is 1.66. The molecular formula is C22H26N4O4S2. The van der Waals surface area contributed by atoms with Gasteiger partial charge in [0.05, 0.1) is 17.9 Å². The molecule has 0 radical (unpaired) electrons. The average molecular weight is 475 g/mol. The van der Waals surface area contributed by atoms with Crippen molar-refractivity contribution in [3.63, 3.8) is 0 Å². The summed E-state index contributed by atoms with van der Waals surface area (Å²) in [6.45, 7) is 5.68. The van der Waals surface area contributed by atoms with Crippen LogP contribution in [0.1, 0.15) is 34.1 Å². The van der Waals surface area contributed by atoms with Gasteiger partial charge in [-0.1, -0.05) is 11.8 Å². The molecule has 1 aromatic carbocycles. The largest absolute Gasteiger partial charge is 0.462 e. The Labute approximate surface area is 195 Å².